The summed E-state index contributed by atoms with van der Waals surface area (Å²) < 4.78 is 0. The zero-order chi connectivity index (χ0) is 22.2. The highest BCUT2D eigenvalue weighted by atomic mass is 16.1. The zero-order valence-electron chi connectivity index (χ0n) is 19.7. The van der Waals surface area contributed by atoms with E-state index in [1.807, 2.05) is 0 Å². The van der Waals surface area contributed by atoms with Crippen LogP contribution in [-0.4, -0.2) is 41.9 Å². The number of nitrogens with one attached hydrogen (secondary N) is 1. The summed E-state index contributed by atoms with van der Waals surface area (Å²) in [5.74, 6) is 0.363. The topological polar surface area (TPSA) is 35.6 Å². The molecule has 2 aliphatic heterocycles. The van der Waals surface area contributed by atoms with E-state index in [1.54, 1.807) is 0 Å². The van der Waals surface area contributed by atoms with Gasteiger partial charge in [0.15, 0.2) is 0 Å². The van der Waals surface area contributed by atoms with E-state index in [4.69, 9.17) is 0 Å². The molecule has 0 aliphatic carbocycles. The van der Waals surface area contributed by atoms with E-state index in [-0.39, 0.29) is 11.8 Å². The number of aryl methyl sites for hydroxylation is 1. The summed E-state index contributed by atoms with van der Waals surface area (Å²) in [6, 6.07) is 17.4. The smallest absolute Gasteiger partial charge is 0.223 e. The number of hydrogen-bond donors (Lipinski definition) is 1. The molecule has 2 fully saturated rings. The van der Waals surface area contributed by atoms with E-state index in [2.05, 4.69) is 70.6 Å². The van der Waals surface area contributed by atoms with E-state index >= 15 is 0 Å². The maximum absolute atomic E-state index is 12.8. The van der Waals surface area contributed by atoms with Crippen molar-refractivity contribution in [2.75, 3.05) is 26.2 Å². The fraction of sp³-hybridized carbons (Fsp3) is 0.536. The van der Waals surface area contributed by atoms with Gasteiger partial charge >= 0.3 is 0 Å². The Hall–Kier alpha value is -2.17. The Balaban J connectivity index is 1.21. The maximum Gasteiger partial charge on any atom is 0.223 e. The Bertz CT molecular complexity index is 864. The molecular formula is C28H39N3O. The van der Waals surface area contributed by atoms with Crippen LogP contribution in [0.5, 0.6) is 0 Å². The molecule has 0 saturated carbocycles. The van der Waals surface area contributed by atoms with Gasteiger partial charge in [-0.05, 0) is 81.0 Å². The van der Waals surface area contributed by atoms with Crippen LogP contribution in [0.2, 0.25) is 0 Å². The summed E-state index contributed by atoms with van der Waals surface area (Å²) in [4.78, 5) is 17.9. The average Bonchev–Trinajstić information content (AvgIpc) is 3.08. The summed E-state index contributed by atoms with van der Waals surface area (Å²) in [5.41, 5.74) is 5.33. The molecule has 2 saturated heterocycles. The highest BCUT2D eigenvalue weighted by molar-refractivity contribution is 5.78. The average molecular weight is 434 g/mol. The molecule has 1 amide bonds. The molecule has 0 radical (unpaired) electrons. The fourth-order valence-electron chi connectivity index (χ4n) is 5.11. The van der Waals surface area contributed by atoms with Gasteiger partial charge in [-0.15, -0.1) is 0 Å². The molecule has 4 rings (SSSR count). The molecule has 4 nitrogen and oxygen atoms in total. The third-order valence-corrected chi connectivity index (χ3v) is 7.18. The number of carbonyl (C=O) groups is 1. The Morgan fingerprint density at radius 3 is 2.28 bits per heavy atom. The van der Waals surface area contributed by atoms with Gasteiger partial charge in [-0.2, -0.15) is 0 Å². The zero-order valence-corrected chi connectivity index (χ0v) is 19.7. The number of amides is 1. The van der Waals surface area contributed by atoms with Crippen molar-refractivity contribution in [1.82, 2.24) is 15.1 Å². The molecule has 0 bridgehead atoms. The van der Waals surface area contributed by atoms with Gasteiger partial charge in [-0.1, -0.05) is 61.4 Å². The lowest BCUT2D eigenvalue weighted by Gasteiger charge is -2.31. The minimum Gasteiger partial charge on any atom is -0.352 e. The van der Waals surface area contributed by atoms with Crippen LogP contribution in [0, 0.1) is 12.8 Å². The molecular weight excluding hydrogens is 394 g/mol. The lowest BCUT2D eigenvalue weighted by atomic mass is 9.95. The number of hydrogen-bond acceptors (Lipinski definition) is 3. The minimum atomic E-state index is 0.142. The number of likely N-dealkylation sites (tertiary alicyclic amines) is 2. The standard InChI is InChI=1S/C28H39N3O/c1-23-9-4-5-12-27(23)22-31-17-13-26(14-18-31)28(32)29-20-24-10-8-11-25(19-24)21-30-15-6-2-3-7-16-30/h4-5,8-12,19,26H,2-3,6-7,13-18,20-22H2,1H3,(H,29,32). The first-order valence-corrected chi connectivity index (χ1v) is 12.5. The number of rotatable bonds is 7. The molecule has 172 valence electrons. The molecule has 32 heavy (non-hydrogen) atoms. The third kappa shape index (κ3) is 6.66. The van der Waals surface area contributed by atoms with Crippen LogP contribution in [-0.2, 0) is 24.4 Å². The van der Waals surface area contributed by atoms with Crippen molar-refractivity contribution >= 4 is 5.91 Å². The van der Waals surface area contributed by atoms with Crippen molar-refractivity contribution < 1.29 is 4.79 Å². The monoisotopic (exact) mass is 433 g/mol. The summed E-state index contributed by atoms with van der Waals surface area (Å²) in [6.45, 7) is 9.25. The molecule has 1 N–H and O–H groups in total. The predicted molar refractivity (Wildman–Crippen MR) is 131 cm³/mol. The van der Waals surface area contributed by atoms with Crippen molar-refractivity contribution in [3.8, 4) is 0 Å². The highest BCUT2D eigenvalue weighted by Crippen LogP contribution is 2.21. The summed E-state index contributed by atoms with van der Waals surface area (Å²) in [5, 5.41) is 3.21. The van der Waals surface area contributed by atoms with Crippen LogP contribution >= 0.6 is 0 Å². The first-order chi connectivity index (χ1) is 15.7. The van der Waals surface area contributed by atoms with Crippen molar-refractivity contribution in [2.45, 2.75) is 65.1 Å². The van der Waals surface area contributed by atoms with Gasteiger partial charge in [-0.3, -0.25) is 14.6 Å². The Morgan fingerprint density at radius 2 is 1.53 bits per heavy atom. The second kappa shape index (κ2) is 11.6. The van der Waals surface area contributed by atoms with Gasteiger partial charge in [0.1, 0.15) is 0 Å². The van der Waals surface area contributed by atoms with Crippen molar-refractivity contribution in [3.63, 3.8) is 0 Å². The third-order valence-electron chi connectivity index (χ3n) is 7.18. The molecule has 4 heteroatoms. The summed E-state index contributed by atoms with van der Waals surface area (Å²) in [7, 11) is 0. The largest absolute Gasteiger partial charge is 0.352 e. The lowest BCUT2D eigenvalue weighted by Crippen LogP contribution is -2.40. The minimum absolute atomic E-state index is 0.142. The molecule has 2 heterocycles. The molecule has 0 atom stereocenters. The highest BCUT2D eigenvalue weighted by Gasteiger charge is 2.25. The van der Waals surface area contributed by atoms with E-state index in [0.29, 0.717) is 6.54 Å². The quantitative estimate of drug-likeness (QED) is 0.675. The predicted octanol–water partition coefficient (Wildman–Crippen LogP) is 4.90. The van der Waals surface area contributed by atoms with Gasteiger partial charge < -0.3 is 5.32 Å². The first-order valence-electron chi connectivity index (χ1n) is 12.5. The summed E-state index contributed by atoms with van der Waals surface area (Å²) >= 11 is 0. The van der Waals surface area contributed by atoms with Crippen molar-refractivity contribution in [3.05, 3.63) is 70.8 Å². The van der Waals surface area contributed by atoms with E-state index in [1.165, 1.54) is 61.0 Å². The Morgan fingerprint density at radius 1 is 0.844 bits per heavy atom. The van der Waals surface area contributed by atoms with Crippen molar-refractivity contribution in [2.24, 2.45) is 5.92 Å². The number of benzene rings is 2. The second-order valence-electron chi connectivity index (χ2n) is 9.71. The van der Waals surface area contributed by atoms with Crippen LogP contribution in [0.4, 0.5) is 0 Å². The van der Waals surface area contributed by atoms with Gasteiger partial charge in [0.05, 0.1) is 0 Å². The van der Waals surface area contributed by atoms with Crippen LogP contribution in [0.3, 0.4) is 0 Å². The van der Waals surface area contributed by atoms with Crippen LogP contribution in [0.15, 0.2) is 48.5 Å². The Kier molecular flexibility index (Phi) is 8.36. The number of nitrogens with zero attached hydrogens (tertiary/aromatic N) is 2. The van der Waals surface area contributed by atoms with E-state index < -0.39 is 0 Å². The van der Waals surface area contributed by atoms with Crippen molar-refractivity contribution in [1.29, 1.82) is 0 Å². The number of carbonyl (C=O) groups excluding carboxylic acids is 1. The SMILES string of the molecule is Cc1ccccc1CN1CCC(C(=O)NCc2cccc(CN3CCCCCC3)c2)CC1. The molecule has 0 aromatic heterocycles. The van der Waals surface area contributed by atoms with Gasteiger partial charge in [0, 0.05) is 25.6 Å². The van der Waals surface area contributed by atoms with Gasteiger partial charge in [-0.25, -0.2) is 0 Å². The normalized spacial score (nSPS) is 18.9. The van der Waals surface area contributed by atoms with Crippen LogP contribution in [0.25, 0.3) is 0 Å². The molecule has 0 unspecified atom stereocenters. The molecule has 2 aromatic rings. The Labute approximate surface area is 194 Å². The fourth-order valence-corrected chi connectivity index (χ4v) is 5.11. The van der Waals surface area contributed by atoms with Crippen LogP contribution in [0.1, 0.15) is 60.8 Å². The van der Waals surface area contributed by atoms with Crippen LogP contribution < -0.4 is 5.32 Å². The number of piperidine rings is 1. The lowest BCUT2D eigenvalue weighted by molar-refractivity contribution is -0.126. The van der Waals surface area contributed by atoms with Gasteiger partial charge in [0.2, 0.25) is 5.91 Å². The van der Waals surface area contributed by atoms with E-state index in [9.17, 15) is 4.79 Å². The summed E-state index contributed by atoms with van der Waals surface area (Å²) in [6.07, 6.45) is 7.28. The molecule has 2 aromatic carbocycles. The van der Waals surface area contributed by atoms with Gasteiger partial charge in [0.25, 0.3) is 0 Å². The van der Waals surface area contributed by atoms with E-state index in [0.717, 1.165) is 39.0 Å². The molecule has 2 aliphatic rings. The maximum atomic E-state index is 12.8. The second-order valence-corrected chi connectivity index (χ2v) is 9.71. The molecule has 0 spiro atoms. The first kappa shape index (κ1) is 23.0.